The van der Waals surface area contributed by atoms with E-state index in [4.69, 9.17) is 4.42 Å². The highest BCUT2D eigenvalue weighted by Crippen LogP contribution is 2.55. The predicted molar refractivity (Wildman–Crippen MR) is 217 cm³/mol. The molecule has 0 aliphatic heterocycles. The van der Waals surface area contributed by atoms with Crippen LogP contribution in [-0.2, 0) is 5.41 Å². The van der Waals surface area contributed by atoms with Gasteiger partial charge in [0.2, 0.25) is 0 Å². The van der Waals surface area contributed by atoms with Crippen LogP contribution >= 0.6 is 0 Å². The minimum atomic E-state index is -0.340. The largest absolute Gasteiger partial charge is 0.456 e. The third kappa shape index (κ3) is 4.65. The van der Waals surface area contributed by atoms with Crippen molar-refractivity contribution in [1.29, 1.82) is 0 Å². The summed E-state index contributed by atoms with van der Waals surface area (Å²) in [6.45, 7) is 2.40. The monoisotopic (exact) mass is 665 g/mol. The van der Waals surface area contributed by atoms with Crippen LogP contribution in [0, 0.1) is 0 Å². The molecule has 0 atom stereocenters. The number of hydrogen-bond donors (Lipinski definition) is 0. The molecule has 10 rings (SSSR count). The van der Waals surface area contributed by atoms with Gasteiger partial charge >= 0.3 is 0 Å². The van der Waals surface area contributed by atoms with Gasteiger partial charge < -0.3 is 9.32 Å². The SMILES string of the molecule is CC1(c2ccccc2-c2ccccc2N(c2ccc(-c3ccccc3)cc2)c2ccc3oc4ccccc4c3c2)c2ccccc2-c2ccccc21. The van der Waals surface area contributed by atoms with Crippen molar-refractivity contribution in [2.45, 2.75) is 12.3 Å². The van der Waals surface area contributed by atoms with E-state index in [1.807, 2.05) is 12.1 Å². The maximum atomic E-state index is 6.28. The van der Waals surface area contributed by atoms with E-state index in [-0.39, 0.29) is 5.41 Å². The van der Waals surface area contributed by atoms with E-state index in [9.17, 15) is 0 Å². The summed E-state index contributed by atoms with van der Waals surface area (Å²) in [6.07, 6.45) is 0. The second-order valence-corrected chi connectivity index (χ2v) is 13.8. The number of nitrogens with zero attached hydrogens (tertiary/aromatic N) is 1. The normalized spacial score (nSPS) is 12.9. The average molecular weight is 666 g/mol. The first-order chi connectivity index (χ1) is 25.7. The fourth-order valence-corrected chi connectivity index (χ4v) is 8.51. The lowest BCUT2D eigenvalue weighted by Gasteiger charge is -2.33. The molecule has 0 fully saturated rings. The molecule has 0 radical (unpaired) electrons. The number of furan rings is 1. The third-order valence-electron chi connectivity index (χ3n) is 11.0. The standard InChI is InChI=1S/C50H35NO/c1-50(44-22-10-5-17-38(44)39-18-6-11-23-45(39)50)46-24-12-7-19-40(46)41-20-8-13-25-47(41)51(36-29-27-35(28-30-36)34-15-3-2-4-16-34)37-31-32-49-43(33-37)42-21-9-14-26-48(42)52-49/h2-33H,1H3. The summed E-state index contributed by atoms with van der Waals surface area (Å²) in [5.74, 6) is 0. The van der Waals surface area contributed by atoms with Crippen molar-refractivity contribution >= 4 is 39.0 Å². The second kappa shape index (κ2) is 12.0. The minimum absolute atomic E-state index is 0.340. The van der Waals surface area contributed by atoms with Crippen molar-refractivity contribution in [2.24, 2.45) is 0 Å². The van der Waals surface area contributed by atoms with E-state index in [0.29, 0.717) is 0 Å². The number of rotatable bonds is 6. The van der Waals surface area contributed by atoms with E-state index in [1.54, 1.807) is 0 Å². The lowest BCUT2D eigenvalue weighted by molar-refractivity contribution is 0.669. The molecule has 0 spiro atoms. The number of hydrogen-bond acceptors (Lipinski definition) is 2. The van der Waals surface area contributed by atoms with Crippen molar-refractivity contribution in [1.82, 2.24) is 0 Å². The fourth-order valence-electron chi connectivity index (χ4n) is 8.51. The van der Waals surface area contributed by atoms with Crippen molar-refractivity contribution in [2.75, 3.05) is 4.90 Å². The molecule has 246 valence electrons. The van der Waals surface area contributed by atoms with Crippen LogP contribution < -0.4 is 4.90 Å². The van der Waals surface area contributed by atoms with Gasteiger partial charge in [0.1, 0.15) is 11.2 Å². The van der Waals surface area contributed by atoms with Gasteiger partial charge in [-0.3, -0.25) is 0 Å². The Morgan fingerprint density at radius 3 is 1.54 bits per heavy atom. The van der Waals surface area contributed by atoms with Crippen molar-refractivity contribution < 1.29 is 4.42 Å². The number of benzene rings is 8. The molecule has 1 aliphatic rings. The Morgan fingerprint density at radius 1 is 0.385 bits per heavy atom. The molecule has 0 unspecified atom stereocenters. The van der Waals surface area contributed by atoms with Gasteiger partial charge in [-0.2, -0.15) is 0 Å². The quantitative estimate of drug-likeness (QED) is 0.176. The van der Waals surface area contributed by atoms with Crippen LogP contribution in [0.2, 0.25) is 0 Å². The molecule has 0 amide bonds. The minimum Gasteiger partial charge on any atom is -0.456 e. The van der Waals surface area contributed by atoms with Crippen molar-refractivity contribution in [3.63, 3.8) is 0 Å². The van der Waals surface area contributed by atoms with Crippen molar-refractivity contribution in [3.8, 4) is 33.4 Å². The summed E-state index contributed by atoms with van der Waals surface area (Å²) in [6, 6.07) is 70.1. The molecule has 0 saturated carbocycles. The molecule has 1 aliphatic carbocycles. The summed E-state index contributed by atoms with van der Waals surface area (Å²) in [4.78, 5) is 2.40. The third-order valence-corrected chi connectivity index (χ3v) is 11.0. The Kier molecular flexibility index (Phi) is 6.97. The van der Waals surface area contributed by atoms with Crippen LogP contribution in [-0.4, -0.2) is 0 Å². The van der Waals surface area contributed by atoms with Gasteiger partial charge in [-0.15, -0.1) is 0 Å². The van der Waals surface area contributed by atoms with Crippen LogP contribution in [0.4, 0.5) is 17.1 Å². The van der Waals surface area contributed by atoms with Crippen LogP contribution in [0.5, 0.6) is 0 Å². The first-order valence-electron chi connectivity index (χ1n) is 17.9. The van der Waals surface area contributed by atoms with Crippen molar-refractivity contribution in [3.05, 3.63) is 211 Å². The molecule has 0 N–H and O–H groups in total. The van der Waals surface area contributed by atoms with E-state index in [1.165, 1.54) is 50.1 Å². The zero-order valence-electron chi connectivity index (χ0n) is 28.8. The molecule has 52 heavy (non-hydrogen) atoms. The maximum absolute atomic E-state index is 6.28. The Bertz CT molecular complexity index is 2710. The highest BCUT2D eigenvalue weighted by Gasteiger charge is 2.42. The van der Waals surface area contributed by atoms with E-state index in [2.05, 4.69) is 194 Å². The van der Waals surface area contributed by atoms with Crippen LogP contribution in [0.1, 0.15) is 23.6 Å². The van der Waals surface area contributed by atoms with Crippen LogP contribution in [0.3, 0.4) is 0 Å². The molecular weight excluding hydrogens is 631 g/mol. The molecule has 8 aromatic carbocycles. The van der Waals surface area contributed by atoms with Gasteiger partial charge in [-0.05, 0) is 93.9 Å². The Balaban J connectivity index is 1.20. The zero-order chi connectivity index (χ0) is 34.6. The lowest BCUT2D eigenvalue weighted by Crippen LogP contribution is -2.23. The topological polar surface area (TPSA) is 16.4 Å². The first kappa shape index (κ1) is 30.2. The lowest BCUT2D eigenvalue weighted by atomic mass is 9.71. The van der Waals surface area contributed by atoms with Gasteiger partial charge in [0.25, 0.3) is 0 Å². The molecular formula is C50H35NO. The second-order valence-electron chi connectivity index (χ2n) is 13.8. The Morgan fingerprint density at radius 2 is 0.865 bits per heavy atom. The summed E-state index contributed by atoms with van der Waals surface area (Å²) in [5.41, 5.74) is 16.1. The Hall–Kier alpha value is -6.64. The van der Waals surface area contributed by atoms with Crippen LogP contribution in [0.25, 0.3) is 55.3 Å². The van der Waals surface area contributed by atoms with Gasteiger partial charge in [-0.25, -0.2) is 0 Å². The van der Waals surface area contributed by atoms with Gasteiger partial charge in [0.15, 0.2) is 0 Å². The van der Waals surface area contributed by atoms with E-state index < -0.39 is 0 Å². The maximum Gasteiger partial charge on any atom is 0.135 e. The summed E-state index contributed by atoms with van der Waals surface area (Å²) < 4.78 is 6.28. The summed E-state index contributed by atoms with van der Waals surface area (Å²) >= 11 is 0. The molecule has 2 heteroatoms. The van der Waals surface area contributed by atoms with E-state index >= 15 is 0 Å². The number of fused-ring (bicyclic) bond motifs is 6. The molecule has 9 aromatic rings. The molecule has 2 nitrogen and oxygen atoms in total. The smallest absolute Gasteiger partial charge is 0.135 e. The molecule has 1 heterocycles. The molecule has 0 saturated heterocycles. The summed E-state index contributed by atoms with van der Waals surface area (Å²) in [7, 11) is 0. The highest BCUT2D eigenvalue weighted by molar-refractivity contribution is 6.07. The Labute approximate surface area is 303 Å². The summed E-state index contributed by atoms with van der Waals surface area (Å²) in [5, 5.41) is 2.22. The number of anilines is 3. The van der Waals surface area contributed by atoms with Gasteiger partial charge in [0.05, 0.1) is 5.69 Å². The highest BCUT2D eigenvalue weighted by atomic mass is 16.3. The first-order valence-corrected chi connectivity index (χ1v) is 17.9. The van der Waals surface area contributed by atoms with Gasteiger partial charge in [-0.1, -0.05) is 152 Å². The van der Waals surface area contributed by atoms with Gasteiger partial charge in [0, 0.05) is 33.1 Å². The predicted octanol–water partition coefficient (Wildman–Crippen LogP) is 13.7. The molecule has 0 bridgehead atoms. The average Bonchev–Trinajstić information content (AvgIpc) is 3.72. The van der Waals surface area contributed by atoms with Crippen LogP contribution in [0.15, 0.2) is 199 Å². The zero-order valence-corrected chi connectivity index (χ0v) is 28.8. The molecule has 1 aromatic heterocycles. The van der Waals surface area contributed by atoms with E-state index in [0.717, 1.165) is 39.0 Å². The number of para-hydroxylation sites is 2. The fraction of sp³-hybridized carbons (Fsp3) is 0.0400.